The Morgan fingerprint density at radius 2 is 2.30 bits per heavy atom. The molecule has 2 unspecified atom stereocenters. The highest BCUT2D eigenvalue weighted by Gasteiger charge is 1.99. The van der Waals surface area contributed by atoms with Crippen LogP contribution in [0.3, 0.4) is 0 Å². The Balaban J connectivity index is 3.12. The van der Waals surface area contributed by atoms with Crippen molar-refractivity contribution >= 4 is 22.5 Å². The van der Waals surface area contributed by atoms with Crippen LogP contribution in [0.2, 0.25) is 0 Å². The summed E-state index contributed by atoms with van der Waals surface area (Å²) in [6.07, 6.45) is 2.66. The molecule has 4 heteroatoms. The molecule has 0 bridgehead atoms. The molecule has 0 aliphatic carbocycles. The van der Waals surface area contributed by atoms with Crippen molar-refractivity contribution in [3.63, 3.8) is 0 Å². The number of hydrogen-bond donors (Lipinski definition) is 0. The predicted molar refractivity (Wildman–Crippen MR) is 48.7 cm³/mol. The first-order valence-electron chi connectivity index (χ1n) is 3.19. The molecular weight excluding hydrogens is 166 g/mol. The molecule has 0 aliphatic rings. The number of rotatable bonds is 4. The minimum absolute atomic E-state index is 0.0728. The summed E-state index contributed by atoms with van der Waals surface area (Å²) >= 11 is 0. The average molecular weight is 180 g/mol. The minimum atomic E-state index is -0.0955. The molecule has 2 nitrogen and oxygen atoms in total. The highest BCUT2D eigenvalue weighted by atomic mass is 32.0. The number of carbonyl (C=O) groups excluding carboxylic acids is 1. The molecule has 0 N–H and O–H groups in total. The Bertz CT molecular complexity index is 104. The number of methoxy groups -OCH3 is 1. The summed E-state index contributed by atoms with van der Waals surface area (Å²) in [5.41, 5.74) is 0. The van der Waals surface area contributed by atoms with Gasteiger partial charge in [-0.25, -0.2) is 0 Å². The summed E-state index contributed by atoms with van der Waals surface area (Å²) in [6, 6.07) is 0. The summed E-state index contributed by atoms with van der Waals surface area (Å²) < 4.78 is 4.49. The van der Waals surface area contributed by atoms with E-state index in [0.29, 0.717) is 6.42 Å². The van der Waals surface area contributed by atoms with Crippen LogP contribution in [0, 0.1) is 0 Å². The first kappa shape index (κ1) is 10.3. The summed E-state index contributed by atoms with van der Waals surface area (Å²) in [5.74, 6) is -0.0955. The van der Waals surface area contributed by atoms with Gasteiger partial charge in [0, 0.05) is 6.42 Å². The molecule has 0 aliphatic heterocycles. The molecule has 0 amide bonds. The predicted octanol–water partition coefficient (Wildman–Crippen LogP) is 1.84. The molecule has 0 saturated heterocycles. The summed E-state index contributed by atoms with van der Waals surface area (Å²) in [4.78, 5) is 10.6. The first-order valence-corrected chi connectivity index (χ1v) is 6.78. The molecule has 0 saturated carbocycles. The fraction of sp³-hybridized carbons (Fsp3) is 0.833. The molecule has 0 heterocycles. The molecule has 0 fully saturated rings. The molecule has 2 atom stereocenters. The molecule has 10 heavy (non-hydrogen) atoms. The van der Waals surface area contributed by atoms with E-state index < -0.39 is 0 Å². The minimum Gasteiger partial charge on any atom is -0.469 e. The second-order valence-electron chi connectivity index (χ2n) is 2.16. The molecule has 0 aromatic carbocycles. The first-order chi connectivity index (χ1) is 4.66. The van der Waals surface area contributed by atoms with E-state index in [1.165, 1.54) is 7.11 Å². The molecule has 0 rings (SSSR count). The van der Waals surface area contributed by atoms with Crippen molar-refractivity contribution in [1.29, 1.82) is 0 Å². The van der Waals surface area contributed by atoms with Gasteiger partial charge in [0.25, 0.3) is 0 Å². The standard InChI is InChI=1S/C6H14O2P2/c1-8-6(7)4-3-5-10(2)9/h3-5,9H2,1-2H3. The van der Waals surface area contributed by atoms with Crippen molar-refractivity contribution in [2.24, 2.45) is 0 Å². The highest BCUT2D eigenvalue weighted by molar-refractivity contribution is 8.13. The maximum Gasteiger partial charge on any atom is 0.305 e. The fourth-order valence-electron chi connectivity index (χ4n) is 0.575. The van der Waals surface area contributed by atoms with Crippen molar-refractivity contribution in [3.8, 4) is 0 Å². The van der Waals surface area contributed by atoms with E-state index in [9.17, 15) is 4.79 Å². The van der Waals surface area contributed by atoms with Crippen LogP contribution < -0.4 is 0 Å². The van der Waals surface area contributed by atoms with Gasteiger partial charge in [0.2, 0.25) is 0 Å². The van der Waals surface area contributed by atoms with Crippen molar-refractivity contribution in [3.05, 3.63) is 0 Å². The lowest BCUT2D eigenvalue weighted by Crippen LogP contribution is -1.99. The largest absolute Gasteiger partial charge is 0.469 e. The van der Waals surface area contributed by atoms with E-state index >= 15 is 0 Å². The molecule has 0 spiro atoms. The highest BCUT2D eigenvalue weighted by Crippen LogP contribution is 2.40. The van der Waals surface area contributed by atoms with Crippen LogP contribution >= 0.6 is 16.5 Å². The van der Waals surface area contributed by atoms with Crippen LogP contribution in [0.4, 0.5) is 0 Å². The van der Waals surface area contributed by atoms with E-state index in [1.807, 2.05) is 0 Å². The molecule has 0 radical (unpaired) electrons. The van der Waals surface area contributed by atoms with Crippen molar-refractivity contribution in [1.82, 2.24) is 0 Å². The van der Waals surface area contributed by atoms with E-state index in [2.05, 4.69) is 20.3 Å². The van der Waals surface area contributed by atoms with Gasteiger partial charge in [0.05, 0.1) is 7.11 Å². The summed E-state index contributed by atoms with van der Waals surface area (Å²) in [5, 5.41) is 0. The van der Waals surface area contributed by atoms with Crippen LogP contribution in [0.5, 0.6) is 0 Å². The van der Waals surface area contributed by atoms with Crippen LogP contribution in [0.15, 0.2) is 0 Å². The van der Waals surface area contributed by atoms with Gasteiger partial charge in [-0.3, -0.25) is 4.79 Å². The van der Waals surface area contributed by atoms with Crippen LogP contribution in [-0.4, -0.2) is 25.9 Å². The molecule has 0 aromatic rings. The lowest BCUT2D eigenvalue weighted by Gasteiger charge is -2.02. The molecule has 0 aromatic heterocycles. The zero-order valence-electron chi connectivity index (χ0n) is 6.46. The quantitative estimate of drug-likeness (QED) is 0.487. The van der Waals surface area contributed by atoms with Crippen LogP contribution in [0.1, 0.15) is 12.8 Å². The molecule has 60 valence electrons. The monoisotopic (exact) mass is 180 g/mol. The smallest absolute Gasteiger partial charge is 0.305 e. The summed E-state index contributed by atoms with van der Waals surface area (Å²) in [7, 11) is 4.27. The number of hydrogen-bond acceptors (Lipinski definition) is 2. The third-order valence-electron chi connectivity index (χ3n) is 1.12. The number of esters is 1. The fourth-order valence-corrected chi connectivity index (χ4v) is 1.78. The normalized spacial score (nSPS) is 12.7. The Morgan fingerprint density at radius 1 is 1.70 bits per heavy atom. The van der Waals surface area contributed by atoms with Gasteiger partial charge in [-0.05, 0) is 19.2 Å². The van der Waals surface area contributed by atoms with Crippen molar-refractivity contribution < 1.29 is 9.53 Å². The van der Waals surface area contributed by atoms with Gasteiger partial charge < -0.3 is 4.74 Å². The van der Waals surface area contributed by atoms with E-state index in [0.717, 1.165) is 12.6 Å². The van der Waals surface area contributed by atoms with Crippen LogP contribution in [0.25, 0.3) is 0 Å². The van der Waals surface area contributed by atoms with Gasteiger partial charge in [0.15, 0.2) is 0 Å². The van der Waals surface area contributed by atoms with Gasteiger partial charge in [-0.15, -0.1) is 8.93 Å². The maximum atomic E-state index is 10.6. The van der Waals surface area contributed by atoms with Gasteiger partial charge in [-0.2, -0.15) is 0 Å². The van der Waals surface area contributed by atoms with E-state index in [-0.39, 0.29) is 13.6 Å². The Morgan fingerprint density at radius 3 is 2.70 bits per heavy atom. The lowest BCUT2D eigenvalue weighted by atomic mass is 10.3. The topological polar surface area (TPSA) is 26.3 Å². The lowest BCUT2D eigenvalue weighted by molar-refractivity contribution is -0.140. The Hall–Kier alpha value is 0.330. The van der Waals surface area contributed by atoms with Crippen molar-refractivity contribution in [2.45, 2.75) is 12.8 Å². The zero-order chi connectivity index (χ0) is 7.98. The summed E-state index contributed by atoms with van der Waals surface area (Å²) in [6.45, 7) is 2.18. The van der Waals surface area contributed by atoms with Gasteiger partial charge in [0.1, 0.15) is 0 Å². The third-order valence-corrected chi connectivity index (χ3v) is 2.92. The van der Waals surface area contributed by atoms with Crippen LogP contribution in [-0.2, 0) is 9.53 Å². The Labute approximate surface area is 65.6 Å². The van der Waals surface area contributed by atoms with E-state index in [1.54, 1.807) is 0 Å². The third kappa shape index (κ3) is 6.45. The van der Waals surface area contributed by atoms with Gasteiger partial charge in [-0.1, -0.05) is 7.61 Å². The number of carbonyl (C=O) groups is 1. The second kappa shape index (κ2) is 6.07. The molecular formula is C6H14O2P2. The van der Waals surface area contributed by atoms with E-state index in [4.69, 9.17) is 0 Å². The SMILES string of the molecule is COC(=O)CCCP(C)P. The van der Waals surface area contributed by atoms with Gasteiger partial charge >= 0.3 is 5.97 Å². The second-order valence-corrected chi connectivity index (χ2v) is 6.77. The van der Waals surface area contributed by atoms with Crippen molar-refractivity contribution in [2.75, 3.05) is 19.9 Å². The maximum absolute atomic E-state index is 10.6. The zero-order valence-corrected chi connectivity index (χ0v) is 8.51. The average Bonchev–Trinajstić information content (AvgIpc) is 1.87. The Kier molecular flexibility index (Phi) is 6.27. The number of ether oxygens (including phenoxy) is 1.